The Labute approximate surface area is 310 Å². The fourth-order valence-corrected chi connectivity index (χ4v) is 9.29. The molecule has 0 aliphatic heterocycles. The van der Waals surface area contributed by atoms with Gasteiger partial charge in [-0.1, -0.05) is 127 Å². The van der Waals surface area contributed by atoms with Crippen LogP contribution in [0.2, 0.25) is 0 Å². The molecule has 9 aromatic carbocycles. The summed E-state index contributed by atoms with van der Waals surface area (Å²) in [5.74, 6) is 0. The lowest BCUT2D eigenvalue weighted by Crippen LogP contribution is -2.10. The van der Waals surface area contributed by atoms with E-state index in [2.05, 4.69) is 193 Å². The molecule has 53 heavy (non-hydrogen) atoms. The maximum Gasteiger partial charge on any atom is 0.136 e. The van der Waals surface area contributed by atoms with Crippen LogP contribution in [0.1, 0.15) is 0 Å². The van der Waals surface area contributed by atoms with Crippen LogP contribution in [0.4, 0.5) is 17.1 Å². The second-order valence-electron chi connectivity index (χ2n) is 13.7. The van der Waals surface area contributed by atoms with E-state index in [4.69, 9.17) is 4.42 Å². The molecule has 2 nitrogen and oxygen atoms in total. The quantitative estimate of drug-likeness (QED) is 0.178. The van der Waals surface area contributed by atoms with E-state index < -0.39 is 0 Å². The lowest BCUT2D eigenvalue weighted by Gasteiger charge is -2.27. The minimum Gasteiger partial charge on any atom is -0.456 e. The topological polar surface area (TPSA) is 16.4 Å². The van der Waals surface area contributed by atoms with Gasteiger partial charge in [-0.2, -0.15) is 0 Å². The Morgan fingerprint density at radius 1 is 0.377 bits per heavy atom. The molecule has 0 N–H and O–H groups in total. The third kappa shape index (κ3) is 4.86. The summed E-state index contributed by atoms with van der Waals surface area (Å²) in [6, 6.07) is 68.0. The number of rotatable bonds is 5. The summed E-state index contributed by atoms with van der Waals surface area (Å²) >= 11 is 1.85. The highest BCUT2D eigenvalue weighted by atomic mass is 32.1. The Bertz CT molecular complexity index is 3160. The summed E-state index contributed by atoms with van der Waals surface area (Å²) in [4.78, 5) is 2.41. The molecule has 2 heterocycles. The first kappa shape index (κ1) is 30.0. The summed E-state index contributed by atoms with van der Waals surface area (Å²) in [7, 11) is 0. The highest BCUT2D eigenvalue weighted by Gasteiger charge is 2.19. The SMILES string of the molecule is c1ccc2c(-c3ccc(N(c4ccc(-c5ccc6oc7ccc8ccccc8c7c6c5)cc4)c4cccc5sc6ccccc6c45)cc3)cccc2c1. The number of furan rings is 1. The van der Waals surface area contributed by atoms with Gasteiger partial charge in [0.05, 0.1) is 5.69 Å². The normalized spacial score (nSPS) is 11.8. The number of anilines is 3. The van der Waals surface area contributed by atoms with Crippen molar-refractivity contribution in [2.75, 3.05) is 4.90 Å². The van der Waals surface area contributed by atoms with Gasteiger partial charge in [0.25, 0.3) is 0 Å². The van der Waals surface area contributed by atoms with Gasteiger partial charge < -0.3 is 9.32 Å². The summed E-state index contributed by atoms with van der Waals surface area (Å²) in [5, 5.41) is 9.82. The number of thiophene rings is 1. The molecule has 0 radical (unpaired) electrons. The van der Waals surface area contributed by atoms with Gasteiger partial charge in [0.15, 0.2) is 0 Å². The van der Waals surface area contributed by atoms with E-state index in [0.717, 1.165) is 39.1 Å². The molecule has 0 aliphatic rings. The molecule has 0 atom stereocenters. The Morgan fingerprint density at radius 2 is 0.981 bits per heavy atom. The van der Waals surface area contributed by atoms with E-state index in [1.807, 2.05) is 11.3 Å². The van der Waals surface area contributed by atoms with Crippen LogP contribution in [-0.4, -0.2) is 0 Å². The smallest absolute Gasteiger partial charge is 0.136 e. The Morgan fingerprint density at radius 3 is 1.79 bits per heavy atom. The van der Waals surface area contributed by atoms with Crippen molar-refractivity contribution < 1.29 is 4.42 Å². The third-order valence-corrected chi connectivity index (χ3v) is 11.8. The molecule has 11 rings (SSSR count). The molecular formula is C50H31NOS. The number of fused-ring (bicyclic) bond motifs is 9. The second kappa shape index (κ2) is 11.9. The van der Waals surface area contributed by atoms with E-state index >= 15 is 0 Å². The van der Waals surface area contributed by atoms with Crippen molar-refractivity contribution in [3.63, 3.8) is 0 Å². The molecule has 0 aliphatic carbocycles. The van der Waals surface area contributed by atoms with Crippen molar-refractivity contribution in [3.05, 3.63) is 188 Å². The van der Waals surface area contributed by atoms with Gasteiger partial charge in [-0.05, 0) is 104 Å². The first-order valence-electron chi connectivity index (χ1n) is 18.0. The molecule has 0 saturated carbocycles. The Balaban J connectivity index is 1.05. The maximum atomic E-state index is 6.31. The highest BCUT2D eigenvalue weighted by Crippen LogP contribution is 2.46. The molecule has 3 heteroatoms. The van der Waals surface area contributed by atoms with Crippen LogP contribution in [0.5, 0.6) is 0 Å². The lowest BCUT2D eigenvalue weighted by molar-refractivity contribution is 0.669. The lowest BCUT2D eigenvalue weighted by atomic mass is 9.98. The van der Waals surface area contributed by atoms with E-state index in [9.17, 15) is 0 Å². The molecule has 0 bridgehead atoms. The minimum atomic E-state index is 0.908. The second-order valence-corrected chi connectivity index (χ2v) is 14.8. The van der Waals surface area contributed by atoms with Crippen molar-refractivity contribution in [1.82, 2.24) is 0 Å². The molecule has 11 aromatic rings. The van der Waals surface area contributed by atoms with Gasteiger partial charge >= 0.3 is 0 Å². The first-order chi connectivity index (χ1) is 26.3. The molecule has 0 amide bonds. The predicted molar refractivity (Wildman–Crippen MR) is 227 cm³/mol. The summed E-state index contributed by atoms with van der Waals surface area (Å²) in [6.45, 7) is 0. The number of benzene rings is 9. The predicted octanol–water partition coefficient (Wildman–Crippen LogP) is 15.1. The highest BCUT2D eigenvalue weighted by molar-refractivity contribution is 7.26. The number of nitrogens with zero attached hydrogens (tertiary/aromatic N) is 1. The number of hydrogen-bond donors (Lipinski definition) is 0. The molecular weight excluding hydrogens is 663 g/mol. The van der Waals surface area contributed by atoms with Gasteiger partial charge in [0.2, 0.25) is 0 Å². The Kier molecular flexibility index (Phi) is 6.76. The molecule has 0 unspecified atom stereocenters. The van der Waals surface area contributed by atoms with Gasteiger partial charge in [-0.3, -0.25) is 0 Å². The summed E-state index contributed by atoms with van der Waals surface area (Å²) in [5.41, 5.74) is 9.99. The number of hydrogen-bond acceptors (Lipinski definition) is 3. The molecule has 0 spiro atoms. The van der Waals surface area contributed by atoms with Crippen LogP contribution in [0.15, 0.2) is 192 Å². The van der Waals surface area contributed by atoms with Crippen LogP contribution < -0.4 is 4.90 Å². The molecule has 0 fully saturated rings. The van der Waals surface area contributed by atoms with Gasteiger partial charge in [0, 0.05) is 42.3 Å². The van der Waals surface area contributed by atoms with E-state index in [1.54, 1.807) is 0 Å². The van der Waals surface area contributed by atoms with Gasteiger partial charge in [-0.15, -0.1) is 11.3 Å². The zero-order valence-electron chi connectivity index (χ0n) is 28.7. The fraction of sp³-hybridized carbons (Fsp3) is 0. The minimum absolute atomic E-state index is 0.908. The van der Waals surface area contributed by atoms with Crippen molar-refractivity contribution >= 4 is 92.1 Å². The van der Waals surface area contributed by atoms with E-state index in [0.29, 0.717) is 0 Å². The van der Waals surface area contributed by atoms with Crippen LogP contribution in [0.25, 0.3) is 85.9 Å². The largest absolute Gasteiger partial charge is 0.456 e. The van der Waals surface area contributed by atoms with Crippen LogP contribution in [0.3, 0.4) is 0 Å². The summed E-state index contributed by atoms with van der Waals surface area (Å²) in [6.07, 6.45) is 0. The van der Waals surface area contributed by atoms with Crippen LogP contribution in [0, 0.1) is 0 Å². The van der Waals surface area contributed by atoms with Crippen molar-refractivity contribution in [2.24, 2.45) is 0 Å². The third-order valence-electron chi connectivity index (χ3n) is 10.7. The zero-order valence-corrected chi connectivity index (χ0v) is 29.5. The Hall–Kier alpha value is -6.68. The van der Waals surface area contributed by atoms with Gasteiger partial charge in [-0.25, -0.2) is 0 Å². The summed E-state index contributed by atoms with van der Waals surface area (Å²) < 4.78 is 8.89. The van der Waals surface area contributed by atoms with Crippen molar-refractivity contribution in [2.45, 2.75) is 0 Å². The fourth-order valence-electron chi connectivity index (χ4n) is 8.17. The van der Waals surface area contributed by atoms with Crippen LogP contribution in [-0.2, 0) is 0 Å². The average molecular weight is 694 g/mol. The molecule has 248 valence electrons. The van der Waals surface area contributed by atoms with E-state index in [-0.39, 0.29) is 0 Å². The van der Waals surface area contributed by atoms with Crippen molar-refractivity contribution in [3.8, 4) is 22.3 Å². The monoisotopic (exact) mass is 693 g/mol. The average Bonchev–Trinajstić information content (AvgIpc) is 3.80. The first-order valence-corrected chi connectivity index (χ1v) is 18.8. The van der Waals surface area contributed by atoms with Crippen molar-refractivity contribution in [1.29, 1.82) is 0 Å². The molecule has 2 aromatic heterocycles. The van der Waals surface area contributed by atoms with Gasteiger partial charge in [0.1, 0.15) is 11.2 Å². The standard InChI is InChI=1S/C50H31NOS/c1-3-12-39-33(9-1)11-7-15-40(39)35-21-27-38(28-22-35)51(44-16-8-18-48-50(44)42-14-5-6-17-47(42)53-48)37-25-19-32(20-26-37)36-24-29-45-43(31-36)49-41-13-4-2-10-34(41)23-30-46(49)52-45/h1-31H. The maximum absolute atomic E-state index is 6.31. The molecule has 0 saturated heterocycles. The van der Waals surface area contributed by atoms with Crippen LogP contribution >= 0.6 is 11.3 Å². The van der Waals surface area contributed by atoms with E-state index in [1.165, 1.54) is 63.9 Å². The zero-order chi connectivity index (χ0) is 34.9.